The first kappa shape index (κ1) is 8.36. The van der Waals surface area contributed by atoms with Crippen molar-refractivity contribution >= 4 is 12.3 Å². The molecule has 0 bridgehead atoms. The van der Waals surface area contributed by atoms with Crippen LogP contribution in [0, 0.1) is 0 Å². The molecule has 0 heterocycles. The van der Waals surface area contributed by atoms with Crippen molar-refractivity contribution in [1.29, 1.82) is 0 Å². The maximum Gasteiger partial charge on any atom is 0.131 e. The summed E-state index contributed by atoms with van der Waals surface area (Å²) in [7, 11) is 0. The van der Waals surface area contributed by atoms with Crippen LogP contribution in [0.2, 0.25) is 0 Å². The molecule has 60 valence electrons. The van der Waals surface area contributed by atoms with Crippen molar-refractivity contribution in [3.8, 4) is 5.75 Å². The highest BCUT2D eigenvalue weighted by Gasteiger charge is 1.97. The SMILES string of the molecule is Oc1ccccc1CNSF. The fraction of sp³-hybridized carbons (Fsp3) is 0.143. The predicted molar refractivity (Wildman–Crippen MR) is 43.6 cm³/mol. The largest absolute Gasteiger partial charge is 0.508 e. The van der Waals surface area contributed by atoms with Gasteiger partial charge in [-0.1, -0.05) is 18.2 Å². The third-order valence-electron chi connectivity index (χ3n) is 1.31. The van der Waals surface area contributed by atoms with E-state index in [-0.39, 0.29) is 18.1 Å². The Hall–Kier alpha value is -0.740. The summed E-state index contributed by atoms with van der Waals surface area (Å²) in [5, 5.41) is 9.17. The number of phenolic OH excluding ortho intramolecular Hbond substituents is 1. The zero-order valence-electron chi connectivity index (χ0n) is 5.75. The Balaban J connectivity index is 2.62. The van der Waals surface area contributed by atoms with Gasteiger partial charge in [0.05, 0.1) is 0 Å². The topological polar surface area (TPSA) is 32.3 Å². The summed E-state index contributed by atoms with van der Waals surface area (Å²) in [4.78, 5) is 0. The molecular weight excluding hydrogens is 165 g/mol. The van der Waals surface area contributed by atoms with E-state index in [9.17, 15) is 3.89 Å². The van der Waals surface area contributed by atoms with Crippen molar-refractivity contribution in [2.24, 2.45) is 0 Å². The molecule has 0 fully saturated rings. The van der Waals surface area contributed by atoms with E-state index < -0.39 is 0 Å². The van der Waals surface area contributed by atoms with Crippen molar-refractivity contribution in [1.82, 2.24) is 4.72 Å². The fourth-order valence-corrected chi connectivity index (χ4v) is 0.975. The third kappa shape index (κ3) is 2.40. The van der Waals surface area contributed by atoms with Gasteiger partial charge in [0.15, 0.2) is 0 Å². The number of nitrogens with one attached hydrogen (secondary N) is 1. The second-order valence-corrected chi connectivity index (χ2v) is 2.47. The molecule has 2 N–H and O–H groups in total. The molecule has 1 aromatic carbocycles. The van der Waals surface area contributed by atoms with Crippen LogP contribution in [0.15, 0.2) is 24.3 Å². The van der Waals surface area contributed by atoms with Crippen LogP contribution in [-0.4, -0.2) is 5.11 Å². The first-order chi connectivity index (χ1) is 5.34. The van der Waals surface area contributed by atoms with Gasteiger partial charge in [0.1, 0.15) is 18.1 Å². The summed E-state index contributed by atoms with van der Waals surface area (Å²) in [6, 6.07) is 6.82. The van der Waals surface area contributed by atoms with Crippen LogP contribution in [0.4, 0.5) is 3.89 Å². The zero-order chi connectivity index (χ0) is 8.10. The number of hydrogen-bond donors (Lipinski definition) is 2. The van der Waals surface area contributed by atoms with Crippen molar-refractivity contribution in [2.45, 2.75) is 6.54 Å². The van der Waals surface area contributed by atoms with Gasteiger partial charge < -0.3 is 5.11 Å². The second kappa shape index (κ2) is 4.20. The summed E-state index contributed by atoms with van der Waals surface area (Å²) in [5.41, 5.74) is 0.692. The van der Waals surface area contributed by atoms with Gasteiger partial charge in [-0.15, -0.1) is 3.89 Å². The van der Waals surface area contributed by atoms with Crippen molar-refractivity contribution in [2.75, 3.05) is 0 Å². The van der Waals surface area contributed by atoms with E-state index in [0.29, 0.717) is 12.1 Å². The number of rotatable bonds is 3. The highest BCUT2D eigenvalue weighted by molar-refractivity contribution is 7.92. The van der Waals surface area contributed by atoms with E-state index in [4.69, 9.17) is 5.11 Å². The summed E-state index contributed by atoms with van der Waals surface area (Å²) >= 11 is 0.0441. The minimum absolute atomic E-state index is 0.0441. The molecule has 2 nitrogen and oxygen atoms in total. The Morgan fingerprint density at radius 3 is 2.82 bits per heavy atom. The number of aromatic hydroxyl groups is 1. The minimum Gasteiger partial charge on any atom is -0.508 e. The second-order valence-electron chi connectivity index (χ2n) is 2.03. The maximum absolute atomic E-state index is 11.5. The molecule has 0 radical (unpaired) electrons. The average molecular weight is 173 g/mol. The summed E-state index contributed by atoms with van der Waals surface area (Å²) in [6.45, 7) is 0.327. The minimum atomic E-state index is 0.0441. The Bertz CT molecular complexity index is 231. The third-order valence-corrected chi connectivity index (χ3v) is 1.56. The number of phenols is 1. The number of hydrogen-bond acceptors (Lipinski definition) is 3. The normalized spacial score (nSPS) is 9.91. The smallest absolute Gasteiger partial charge is 0.131 e. The molecule has 11 heavy (non-hydrogen) atoms. The molecule has 0 amide bonds. The lowest BCUT2D eigenvalue weighted by atomic mass is 10.2. The highest BCUT2D eigenvalue weighted by Crippen LogP contribution is 2.15. The van der Waals surface area contributed by atoms with Crippen molar-refractivity contribution < 1.29 is 8.99 Å². The van der Waals surface area contributed by atoms with Crippen molar-refractivity contribution in [3.63, 3.8) is 0 Å². The summed E-state index contributed by atoms with van der Waals surface area (Å²) < 4.78 is 13.9. The van der Waals surface area contributed by atoms with Crippen molar-refractivity contribution in [3.05, 3.63) is 29.8 Å². The molecule has 0 aliphatic carbocycles. The summed E-state index contributed by atoms with van der Waals surface area (Å²) in [6.07, 6.45) is 0. The van der Waals surface area contributed by atoms with Crippen LogP contribution in [0.3, 0.4) is 0 Å². The average Bonchev–Trinajstić information content (AvgIpc) is 2.03. The van der Waals surface area contributed by atoms with Gasteiger partial charge in [0.25, 0.3) is 0 Å². The first-order valence-electron chi connectivity index (χ1n) is 3.12. The molecule has 1 rings (SSSR count). The molecule has 0 saturated heterocycles. The molecule has 1 aromatic rings. The van der Waals surface area contributed by atoms with E-state index in [1.165, 1.54) is 0 Å². The van der Waals surface area contributed by atoms with Gasteiger partial charge in [-0.3, -0.25) is 0 Å². The van der Waals surface area contributed by atoms with E-state index in [0.717, 1.165) is 0 Å². The zero-order valence-corrected chi connectivity index (χ0v) is 6.57. The predicted octanol–water partition coefficient (Wildman–Crippen LogP) is 2.01. The van der Waals surface area contributed by atoms with E-state index in [2.05, 4.69) is 4.72 Å². The molecule has 0 aromatic heterocycles. The quantitative estimate of drug-likeness (QED) is 0.686. The lowest BCUT2D eigenvalue weighted by Gasteiger charge is -2.01. The fourth-order valence-electron chi connectivity index (χ4n) is 0.765. The molecule has 0 atom stereocenters. The van der Waals surface area contributed by atoms with Crippen LogP contribution in [0.25, 0.3) is 0 Å². The van der Waals surface area contributed by atoms with Crippen LogP contribution >= 0.6 is 12.3 Å². The lowest BCUT2D eigenvalue weighted by Crippen LogP contribution is -2.00. The standard InChI is InChI=1S/C7H8FNOS/c8-11-9-5-6-3-1-2-4-7(6)10/h1-4,9-10H,5H2. The number of para-hydroxylation sites is 1. The van der Waals surface area contributed by atoms with Gasteiger partial charge in [-0.2, -0.15) is 0 Å². The van der Waals surface area contributed by atoms with Gasteiger partial charge in [0.2, 0.25) is 0 Å². The van der Waals surface area contributed by atoms with Gasteiger partial charge in [0, 0.05) is 12.1 Å². The molecule has 0 saturated carbocycles. The molecule has 4 heteroatoms. The monoisotopic (exact) mass is 173 g/mol. The Labute approximate surface area is 68.9 Å². The van der Waals surface area contributed by atoms with E-state index in [1.54, 1.807) is 24.3 Å². The van der Waals surface area contributed by atoms with E-state index in [1.807, 2.05) is 0 Å². The highest BCUT2D eigenvalue weighted by atomic mass is 32.2. The van der Waals surface area contributed by atoms with Gasteiger partial charge in [-0.05, 0) is 6.07 Å². The molecule has 0 aliphatic heterocycles. The van der Waals surface area contributed by atoms with Crippen LogP contribution in [0.5, 0.6) is 5.75 Å². The number of benzene rings is 1. The summed E-state index contributed by atoms with van der Waals surface area (Å²) in [5.74, 6) is 0.189. The maximum atomic E-state index is 11.5. The molecule has 0 aliphatic rings. The lowest BCUT2D eigenvalue weighted by molar-refractivity contribution is 0.467. The van der Waals surface area contributed by atoms with Crippen LogP contribution in [0.1, 0.15) is 5.56 Å². The van der Waals surface area contributed by atoms with E-state index >= 15 is 0 Å². The number of halogens is 1. The van der Waals surface area contributed by atoms with Gasteiger partial charge in [-0.25, -0.2) is 4.72 Å². The first-order valence-corrected chi connectivity index (χ1v) is 3.83. The Morgan fingerprint density at radius 1 is 1.45 bits per heavy atom. The van der Waals surface area contributed by atoms with Crippen LogP contribution in [-0.2, 0) is 6.54 Å². The molecule has 0 unspecified atom stereocenters. The van der Waals surface area contributed by atoms with Gasteiger partial charge >= 0.3 is 0 Å². The Kier molecular flexibility index (Phi) is 3.19. The Morgan fingerprint density at radius 2 is 2.18 bits per heavy atom. The van der Waals surface area contributed by atoms with Crippen LogP contribution < -0.4 is 4.72 Å². The molecular formula is C7H8FNOS. The molecule has 0 spiro atoms.